The van der Waals surface area contributed by atoms with Gasteiger partial charge in [-0.1, -0.05) is 19.0 Å². The SMILES string of the molecule is CC(O)C1CCN(CCC(C)(C)C(N)=NO)C1. The van der Waals surface area contributed by atoms with E-state index < -0.39 is 0 Å². The van der Waals surface area contributed by atoms with Crippen molar-refractivity contribution in [1.29, 1.82) is 0 Å². The number of amidine groups is 1. The highest BCUT2D eigenvalue weighted by Crippen LogP contribution is 2.24. The van der Waals surface area contributed by atoms with Crippen LogP contribution in [0, 0.1) is 11.3 Å². The van der Waals surface area contributed by atoms with E-state index in [2.05, 4.69) is 10.1 Å². The number of hydrogen-bond acceptors (Lipinski definition) is 4. The van der Waals surface area contributed by atoms with E-state index in [0.29, 0.717) is 5.92 Å². The molecule has 0 saturated carbocycles. The third-order valence-corrected chi connectivity index (χ3v) is 3.85. The third-order valence-electron chi connectivity index (χ3n) is 3.85. The molecule has 17 heavy (non-hydrogen) atoms. The molecule has 1 fully saturated rings. The summed E-state index contributed by atoms with van der Waals surface area (Å²) in [5.74, 6) is 0.672. The average Bonchev–Trinajstić information content (AvgIpc) is 2.74. The van der Waals surface area contributed by atoms with E-state index in [1.807, 2.05) is 20.8 Å². The lowest BCUT2D eigenvalue weighted by atomic mass is 9.88. The molecule has 0 aromatic heterocycles. The Morgan fingerprint density at radius 3 is 2.71 bits per heavy atom. The minimum Gasteiger partial charge on any atom is -0.409 e. The van der Waals surface area contributed by atoms with Gasteiger partial charge in [-0.25, -0.2) is 0 Å². The minimum absolute atomic E-state index is 0.225. The number of aliphatic hydroxyl groups excluding tert-OH is 1. The zero-order chi connectivity index (χ0) is 13.1. The lowest BCUT2D eigenvalue weighted by molar-refractivity contribution is 0.127. The summed E-state index contributed by atoms with van der Waals surface area (Å²) < 4.78 is 0. The maximum absolute atomic E-state index is 9.53. The molecule has 1 aliphatic heterocycles. The zero-order valence-electron chi connectivity index (χ0n) is 11.1. The highest BCUT2D eigenvalue weighted by molar-refractivity contribution is 5.85. The van der Waals surface area contributed by atoms with Crippen molar-refractivity contribution in [3.63, 3.8) is 0 Å². The van der Waals surface area contributed by atoms with Crippen LogP contribution in [0.25, 0.3) is 0 Å². The van der Waals surface area contributed by atoms with Crippen LogP contribution in [0.2, 0.25) is 0 Å². The van der Waals surface area contributed by atoms with Crippen molar-refractivity contribution < 1.29 is 10.3 Å². The normalized spacial score (nSPS) is 25.2. The number of rotatable bonds is 5. The fraction of sp³-hybridized carbons (Fsp3) is 0.917. The predicted molar refractivity (Wildman–Crippen MR) is 68.0 cm³/mol. The van der Waals surface area contributed by atoms with Crippen molar-refractivity contribution in [2.24, 2.45) is 22.2 Å². The fourth-order valence-corrected chi connectivity index (χ4v) is 2.16. The highest BCUT2D eigenvalue weighted by Gasteiger charge is 2.29. The molecule has 0 aliphatic carbocycles. The lowest BCUT2D eigenvalue weighted by Gasteiger charge is -2.26. The lowest BCUT2D eigenvalue weighted by Crippen LogP contribution is -2.36. The first-order valence-electron chi connectivity index (χ1n) is 6.25. The topological polar surface area (TPSA) is 82.1 Å². The van der Waals surface area contributed by atoms with Gasteiger partial charge < -0.3 is 20.9 Å². The molecule has 0 aromatic rings. The van der Waals surface area contributed by atoms with Gasteiger partial charge in [0.25, 0.3) is 0 Å². The van der Waals surface area contributed by atoms with Crippen LogP contribution in [0.1, 0.15) is 33.6 Å². The van der Waals surface area contributed by atoms with Gasteiger partial charge in [-0.15, -0.1) is 0 Å². The molecule has 1 rings (SSSR count). The summed E-state index contributed by atoms with van der Waals surface area (Å²) in [6.45, 7) is 8.71. The second kappa shape index (κ2) is 5.69. The zero-order valence-corrected chi connectivity index (χ0v) is 11.1. The molecule has 0 radical (unpaired) electrons. The Kier molecular flexibility index (Phi) is 4.77. The first-order chi connectivity index (χ1) is 7.86. The van der Waals surface area contributed by atoms with E-state index in [9.17, 15) is 5.11 Å². The number of hydrogen-bond donors (Lipinski definition) is 3. The molecule has 5 heteroatoms. The average molecular weight is 243 g/mol. The van der Waals surface area contributed by atoms with Gasteiger partial charge in [0, 0.05) is 12.0 Å². The van der Waals surface area contributed by atoms with Crippen LogP contribution in [0.4, 0.5) is 0 Å². The summed E-state index contributed by atoms with van der Waals surface area (Å²) in [5.41, 5.74) is 5.37. The van der Waals surface area contributed by atoms with Crippen molar-refractivity contribution in [2.75, 3.05) is 19.6 Å². The van der Waals surface area contributed by atoms with Crippen LogP contribution in [-0.2, 0) is 0 Å². The predicted octanol–water partition coefficient (Wildman–Crippen LogP) is 0.852. The van der Waals surface area contributed by atoms with E-state index in [0.717, 1.165) is 32.5 Å². The van der Waals surface area contributed by atoms with Crippen molar-refractivity contribution in [3.05, 3.63) is 0 Å². The summed E-state index contributed by atoms with van der Waals surface area (Å²) in [6.07, 6.45) is 1.69. The van der Waals surface area contributed by atoms with Crippen molar-refractivity contribution >= 4 is 5.84 Å². The second-order valence-corrected chi connectivity index (χ2v) is 5.71. The summed E-state index contributed by atoms with van der Waals surface area (Å²) in [6, 6.07) is 0. The summed E-state index contributed by atoms with van der Waals surface area (Å²) in [4.78, 5) is 2.34. The number of likely N-dealkylation sites (tertiary alicyclic amines) is 1. The van der Waals surface area contributed by atoms with Crippen LogP contribution >= 0.6 is 0 Å². The van der Waals surface area contributed by atoms with Crippen LogP contribution in [0.5, 0.6) is 0 Å². The summed E-state index contributed by atoms with van der Waals surface area (Å²) >= 11 is 0. The van der Waals surface area contributed by atoms with Gasteiger partial charge in [-0.3, -0.25) is 0 Å². The third kappa shape index (κ3) is 3.85. The molecular weight excluding hydrogens is 218 g/mol. The van der Waals surface area contributed by atoms with E-state index in [1.54, 1.807) is 0 Å². The fourth-order valence-electron chi connectivity index (χ4n) is 2.16. The van der Waals surface area contributed by atoms with Crippen molar-refractivity contribution in [2.45, 2.75) is 39.7 Å². The van der Waals surface area contributed by atoms with E-state index in [-0.39, 0.29) is 17.4 Å². The van der Waals surface area contributed by atoms with Crippen LogP contribution in [0.15, 0.2) is 5.16 Å². The molecule has 2 atom stereocenters. The number of aliphatic hydroxyl groups is 1. The van der Waals surface area contributed by atoms with E-state index >= 15 is 0 Å². The Labute approximate surface area is 103 Å². The van der Waals surface area contributed by atoms with Gasteiger partial charge in [0.15, 0.2) is 0 Å². The molecule has 0 bridgehead atoms. The van der Waals surface area contributed by atoms with Gasteiger partial charge in [0.05, 0.1) is 6.10 Å². The molecule has 1 saturated heterocycles. The standard InChI is InChI=1S/C12H25N3O2/c1-9(16)10-4-6-15(8-10)7-5-12(2,3)11(13)14-17/h9-10,16-17H,4-8H2,1-3H3,(H2,13,14). The van der Waals surface area contributed by atoms with Gasteiger partial charge in [-0.05, 0) is 38.8 Å². The first-order valence-corrected chi connectivity index (χ1v) is 6.25. The van der Waals surface area contributed by atoms with Gasteiger partial charge in [0.1, 0.15) is 5.84 Å². The number of nitrogens with two attached hydrogens (primary N) is 1. The van der Waals surface area contributed by atoms with Crippen LogP contribution in [-0.4, -0.2) is 46.8 Å². The Bertz CT molecular complexity index is 277. The van der Waals surface area contributed by atoms with Crippen molar-refractivity contribution in [1.82, 2.24) is 4.90 Å². The Hall–Kier alpha value is -0.810. The highest BCUT2D eigenvalue weighted by atomic mass is 16.4. The van der Waals surface area contributed by atoms with Crippen LogP contribution in [0.3, 0.4) is 0 Å². The van der Waals surface area contributed by atoms with E-state index in [4.69, 9.17) is 10.9 Å². The Morgan fingerprint density at radius 2 is 2.24 bits per heavy atom. The number of nitrogens with zero attached hydrogens (tertiary/aromatic N) is 2. The Morgan fingerprint density at radius 1 is 1.59 bits per heavy atom. The molecule has 100 valence electrons. The largest absolute Gasteiger partial charge is 0.409 e. The number of oxime groups is 1. The van der Waals surface area contributed by atoms with E-state index in [1.165, 1.54) is 0 Å². The molecule has 0 spiro atoms. The summed E-state index contributed by atoms with van der Waals surface area (Å²) in [7, 11) is 0. The molecule has 0 amide bonds. The first kappa shape index (κ1) is 14.3. The smallest absolute Gasteiger partial charge is 0.144 e. The van der Waals surface area contributed by atoms with Gasteiger partial charge >= 0.3 is 0 Å². The molecular formula is C12H25N3O2. The van der Waals surface area contributed by atoms with Crippen LogP contribution < -0.4 is 5.73 Å². The molecule has 0 aromatic carbocycles. The Balaban J connectivity index is 2.38. The monoisotopic (exact) mass is 243 g/mol. The van der Waals surface area contributed by atoms with Gasteiger partial charge in [0.2, 0.25) is 0 Å². The molecule has 4 N–H and O–H groups in total. The molecule has 2 unspecified atom stereocenters. The molecule has 5 nitrogen and oxygen atoms in total. The van der Waals surface area contributed by atoms with Gasteiger partial charge in [-0.2, -0.15) is 0 Å². The maximum atomic E-state index is 9.53. The molecule has 1 heterocycles. The minimum atomic E-state index is -0.280. The maximum Gasteiger partial charge on any atom is 0.144 e. The second-order valence-electron chi connectivity index (χ2n) is 5.71. The van der Waals surface area contributed by atoms with Crippen molar-refractivity contribution in [3.8, 4) is 0 Å². The molecule has 1 aliphatic rings. The quantitative estimate of drug-likeness (QED) is 0.289. The summed E-state index contributed by atoms with van der Waals surface area (Å²) in [5, 5.41) is 21.3.